The Hall–Kier alpha value is -1.60. The second-order valence-electron chi connectivity index (χ2n) is 3.84. The second-order valence-corrected chi connectivity index (χ2v) is 5.09. The predicted molar refractivity (Wildman–Crippen MR) is 82.5 cm³/mol. The zero-order chi connectivity index (χ0) is 13.5. The van der Waals surface area contributed by atoms with Crippen LogP contribution in [0.3, 0.4) is 0 Å². The third kappa shape index (κ3) is 4.88. The number of rotatable bonds is 4. The van der Waals surface area contributed by atoms with E-state index < -0.39 is 6.03 Å². The molecule has 0 aliphatic heterocycles. The van der Waals surface area contributed by atoms with Gasteiger partial charge in [-0.1, -0.05) is 36.4 Å². The molecule has 5 heteroatoms. The lowest BCUT2D eigenvalue weighted by Crippen LogP contribution is -2.28. The van der Waals surface area contributed by atoms with E-state index in [9.17, 15) is 4.79 Å². The van der Waals surface area contributed by atoms with Gasteiger partial charge in [-0.05, 0) is 46.4 Å². The van der Waals surface area contributed by atoms with Gasteiger partial charge >= 0.3 is 6.03 Å². The van der Waals surface area contributed by atoms with Gasteiger partial charge in [-0.2, -0.15) is 0 Å². The Kier molecular flexibility index (Phi) is 5.17. The van der Waals surface area contributed by atoms with Crippen molar-refractivity contribution in [2.75, 3.05) is 5.32 Å². The van der Waals surface area contributed by atoms with E-state index in [1.807, 2.05) is 54.6 Å². The minimum atomic E-state index is -0.391. The van der Waals surface area contributed by atoms with Crippen molar-refractivity contribution in [2.24, 2.45) is 0 Å². The first-order valence-corrected chi connectivity index (χ1v) is 6.80. The molecular formula is C14H13IN2O2. The molecule has 0 spiro atoms. The van der Waals surface area contributed by atoms with Crippen LogP contribution < -0.4 is 10.8 Å². The summed E-state index contributed by atoms with van der Waals surface area (Å²) in [4.78, 5) is 16.7. The molecule has 0 heterocycles. The van der Waals surface area contributed by atoms with E-state index in [0.29, 0.717) is 6.61 Å². The maximum Gasteiger partial charge on any atom is 0.343 e. The van der Waals surface area contributed by atoms with Crippen molar-refractivity contribution in [3.8, 4) is 0 Å². The smallest absolute Gasteiger partial charge is 0.306 e. The van der Waals surface area contributed by atoms with E-state index in [4.69, 9.17) is 4.84 Å². The van der Waals surface area contributed by atoms with E-state index in [1.54, 1.807) is 0 Å². The summed E-state index contributed by atoms with van der Waals surface area (Å²) in [6.07, 6.45) is 0. The van der Waals surface area contributed by atoms with E-state index >= 15 is 0 Å². The van der Waals surface area contributed by atoms with Crippen LogP contribution in [0.5, 0.6) is 0 Å². The highest BCUT2D eigenvalue weighted by Crippen LogP contribution is 2.12. The van der Waals surface area contributed by atoms with Gasteiger partial charge in [0.2, 0.25) is 0 Å². The van der Waals surface area contributed by atoms with E-state index in [2.05, 4.69) is 33.4 Å². The Morgan fingerprint density at radius 3 is 2.63 bits per heavy atom. The Morgan fingerprint density at radius 2 is 1.89 bits per heavy atom. The van der Waals surface area contributed by atoms with Crippen LogP contribution in [0.15, 0.2) is 54.6 Å². The van der Waals surface area contributed by atoms with Gasteiger partial charge < -0.3 is 5.32 Å². The zero-order valence-corrected chi connectivity index (χ0v) is 12.3. The molecule has 4 nitrogen and oxygen atoms in total. The summed E-state index contributed by atoms with van der Waals surface area (Å²) in [5.41, 5.74) is 4.07. The third-order valence-corrected chi connectivity index (χ3v) is 3.00. The summed E-state index contributed by atoms with van der Waals surface area (Å²) < 4.78 is 1.06. The molecule has 0 unspecified atom stereocenters. The fourth-order valence-corrected chi connectivity index (χ4v) is 2.03. The van der Waals surface area contributed by atoms with Crippen LogP contribution in [-0.4, -0.2) is 6.03 Å². The number of benzene rings is 2. The van der Waals surface area contributed by atoms with E-state index in [1.165, 1.54) is 0 Å². The van der Waals surface area contributed by atoms with Crippen molar-refractivity contribution in [1.29, 1.82) is 0 Å². The average molecular weight is 368 g/mol. The van der Waals surface area contributed by atoms with Gasteiger partial charge in [0.25, 0.3) is 0 Å². The molecule has 2 N–H and O–H groups in total. The fourth-order valence-electron chi connectivity index (χ4n) is 1.48. The number of hydrogen-bond donors (Lipinski definition) is 2. The molecule has 2 aromatic carbocycles. The number of carbonyl (C=O) groups is 1. The highest BCUT2D eigenvalue weighted by Gasteiger charge is 2.01. The third-order valence-electron chi connectivity index (χ3n) is 2.33. The van der Waals surface area contributed by atoms with Crippen molar-refractivity contribution in [2.45, 2.75) is 6.61 Å². The van der Waals surface area contributed by atoms with Crippen molar-refractivity contribution < 1.29 is 9.63 Å². The van der Waals surface area contributed by atoms with Gasteiger partial charge in [-0.25, -0.2) is 10.3 Å². The second kappa shape index (κ2) is 7.10. The number of amides is 2. The molecule has 2 rings (SSSR count). The molecule has 98 valence electrons. The molecule has 19 heavy (non-hydrogen) atoms. The molecule has 0 radical (unpaired) electrons. The number of hydrogen-bond acceptors (Lipinski definition) is 2. The van der Waals surface area contributed by atoms with Crippen LogP contribution in [0, 0.1) is 3.57 Å². The van der Waals surface area contributed by atoms with Gasteiger partial charge in [0, 0.05) is 9.26 Å². The lowest BCUT2D eigenvalue weighted by Gasteiger charge is -2.08. The van der Waals surface area contributed by atoms with Crippen molar-refractivity contribution in [1.82, 2.24) is 5.48 Å². The van der Waals surface area contributed by atoms with Crippen LogP contribution in [0.4, 0.5) is 10.5 Å². The first-order valence-electron chi connectivity index (χ1n) is 5.72. The van der Waals surface area contributed by atoms with Crippen molar-refractivity contribution in [3.63, 3.8) is 0 Å². The maximum atomic E-state index is 11.6. The van der Waals surface area contributed by atoms with Crippen molar-refractivity contribution in [3.05, 3.63) is 63.7 Å². The lowest BCUT2D eigenvalue weighted by atomic mass is 10.2. The number of anilines is 1. The summed E-state index contributed by atoms with van der Waals surface area (Å²) in [5, 5.41) is 2.69. The lowest BCUT2D eigenvalue weighted by molar-refractivity contribution is 0.0536. The quantitative estimate of drug-likeness (QED) is 0.641. The summed E-state index contributed by atoms with van der Waals surface area (Å²) in [5.74, 6) is 0. The first-order chi connectivity index (χ1) is 9.24. The van der Waals surface area contributed by atoms with Crippen LogP contribution >= 0.6 is 22.6 Å². The zero-order valence-electron chi connectivity index (χ0n) is 10.1. The fraction of sp³-hybridized carbons (Fsp3) is 0.0714. The summed E-state index contributed by atoms with van der Waals surface area (Å²) in [7, 11) is 0. The van der Waals surface area contributed by atoms with Gasteiger partial charge in [0.15, 0.2) is 0 Å². The van der Waals surface area contributed by atoms with Crippen molar-refractivity contribution >= 4 is 34.3 Å². The van der Waals surface area contributed by atoms with Gasteiger partial charge in [-0.3, -0.25) is 4.84 Å². The largest absolute Gasteiger partial charge is 0.343 e. The molecule has 2 amide bonds. The van der Waals surface area contributed by atoms with Gasteiger partial charge in [0.05, 0.1) is 6.61 Å². The highest BCUT2D eigenvalue weighted by molar-refractivity contribution is 14.1. The Bertz CT molecular complexity index is 546. The van der Waals surface area contributed by atoms with Crippen LogP contribution in [0.1, 0.15) is 5.56 Å². The first kappa shape index (κ1) is 13.8. The number of nitrogens with one attached hydrogen (secondary N) is 2. The SMILES string of the molecule is O=C(NOCc1ccccc1)Nc1cccc(I)c1. The normalized spacial score (nSPS) is 9.95. The van der Waals surface area contributed by atoms with Crippen LogP contribution in [0.25, 0.3) is 0 Å². The topological polar surface area (TPSA) is 50.4 Å². The van der Waals surface area contributed by atoms with E-state index in [0.717, 1.165) is 14.8 Å². The Labute approximate surface area is 125 Å². The monoisotopic (exact) mass is 368 g/mol. The number of carbonyl (C=O) groups excluding carboxylic acids is 1. The highest BCUT2D eigenvalue weighted by atomic mass is 127. The molecule has 0 aliphatic rings. The number of halogens is 1. The molecule has 2 aromatic rings. The van der Waals surface area contributed by atoms with Crippen LogP contribution in [0.2, 0.25) is 0 Å². The molecule has 0 aromatic heterocycles. The van der Waals surface area contributed by atoms with E-state index in [-0.39, 0.29) is 0 Å². The summed E-state index contributed by atoms with van der Waals surface area (Å²) in [6, 6.07) is 16.8. The summed E-state index contributed by atoms with van der Waals surface area (Å²) >= 11 is 2.19. The minimum Gasteiger partial charge on any atom is -0.306 e. The number of hydroxylamine groups is 1. The molecular weight excluding hydrogens is 355 g/mol. The minimum absolute atomic E-state index is 0.334. The number of urea groups is 1. The Morgan fingerprint density at radius 1 is 1.11 bits per heavy atom. The summed E-state index contributed by atoms with van der Waals surface area (Å²) in [6.45, 7) is 0.334. The predicted octanol–water partition coefficient (Wildman–Crippen LogP) is 3.54. The molecule has 0 bridgehead atoms. The standard InChI is InChI=1S/C14H13IN2O2/c15-12-7-4-8-13(9-12)16-14(18)17-19-10-11-5-2-1-3-6-11/h1-9H,10H2,(H2,16,17,18). The Balaban J connectivity index is 1.76. The molecule has 0 fully saturated rings. The molecule has 0 aliphatic carbocycles. The molecule has 0 saturated heterocycles. The molecule has 0 atom stereocenters. The molecule has 0 saturated carbocycles. The maximum absolute atomic E-state index is 11.6. The van der Waals surface area contributed by atoms with Gasteiger partial charge in [-0.15, -0.1) is 0 Å². The van der Waals surface area contributed by atoms with Crippen LogP contribution in [-0.2, 0) is 11.4 Å². The average Bonchev–Trinajstić information content (AvgIpc) is 2.40. The van der Waals surface area contributed by atoms with Gasteiger partial charge in [0.1, 0.15) is 0 Å².